The van der Waals surface area contributed by atoms with Crippen LogP contribution < -0.4 is 5.32 Å². The summed E-state index contributed by atoms with van der Waals surface area (Å²) in [6.07, 6.45) is 15.6. The predicted octanol–water partition coefficient (Wildman–Crippen LogP) is 8.80. The number of alkyl carbamates (subject to hydrolysis) is 1. The van der Waals surface area contributed by atoms with Gasteiger partial charge < -0.3 is 34.4 Å². The highest BCUT2D eigenvalue weighted by atomic mass is 16.6. The van der Waals surface area contributed by atoms with Crippen LogP contribution in [-0.4, -0.2) is 86.3 Å². The highest BCUT2D eigenvalue weighted by molar-refractivity contribution is 5.86. The number of amides is 3. The van der Waals surface area contributed by atoms with Crippen LogP contribution >= 0.6 is 0 Å². The monoisotopic (exact) mass is 781 g/mol. The fraction of sp³-hybridized carbons (Fsp3) is 0.523. The minimum absolute atomic E-state index is 0.103. The Hall–Kier alpha value is -5.17. The summed E-state index contributed by atoms with van der Waals surface area (Å²) in [6.45, 7) is 14.0. The molecule has 1 aromatic carbocycles. The Balaban J connectivity index is 1.20. The fourth-order valence-corrected chi connectivity index (χ4v) is 7.91. The standard InChI is InChI=1S/C44H59N7O6/c1-7-30(31-20-22-32(23-21-31)34-27-45-39(46-34)36-16-14-25-51(36)43(54)57-44(3,4)5)19-18-29(2)38-35-28-56-26-12-10-8-9-11-15-33(48-42(53)55-6)41(52)50-24-13-17-37(50)40(47-35)49-38/h7,18-23,27,33,36-37H,1,8-17,24-26,28H2,2-6H3,(H,45,46)(H,47,49)(H,48,53)/b29-18+,30-19+/t33-,36-,37-/m0/s1. The van der Waals surface area contributed by atoms with Crippen molar-refractivity contribution >= 4 is 29.2 Å². The second-order valence-corrected chi connectivity index (χ2v) is 16.2. The maximum absolute atomic E-state index is 13.9. The van der Waals surface area contributed by atoms with E-state index >= 15 is 0 Å². The number of nitrogens with zero attached hydrogens (tertiary/aromatic N) is 4. The second kappa shape index (κ2) is 18.8. The van der Waals surface area contributed by atoms with Crippen LogP contribution in [0.4, 0.5) is 9.59 Å². The first kappa shape index (κ1) is 41.5. The summed E-state index contributed by atoms with van der Waals surface area (Å²) in [6, 6.07) is 7.19. The highest BCUT2D eigenvalue weighted by Gasteiger charge is 2.37. The lowest BCUT2D eigenvalue weighted by Gasteiger charge is -2.28. The van der Waals surface area contributed by atoms with E-state index in [1.807, 2.05) is 57.0 Å². The molecule has 0 radical (unpaired) electrons. The van der Waals surface area contributed by atoms with Crippen LogP contribution in [0.1, 0.15) is 133 Å². The van der Waals surface area contributed by atoms with Gasteiger partial charge in [-0.3, -0.25) is 9.69 Å². The molecular formula is C44H59N7O6. The number of rotatable bonds is 7. The van der Waals surface area contributed by atoms with E-state index in [1.54, 1.807) is 4.90 Å². The summed E-state index contributed by atoms with van der Waals surface area (Å²) in [5.41, 5.74) is 5.87. The number of aromatic amines is 2. The number of fused-ring (bicyclic) bond motifs is 4. The molecule has 5 heterocycles. The molecule has 2 saturated heterocycles. The number of imidazole rings is 2. The Morgan fingerprint density at radius 3 is 2.44 bits per heavy atom. The van der Waals surface area contributed by atoms with Gasteiger partial charge >= 0.3 is 12.2 Å². The van der Waals surface area contributed by atoms with E-state index in [-0.39, 0.29) is 24.1 Å². The maximum atomic E-state index is 13.9. The Kier molecular flexibility index (Phi) is 13.7. The number of allylic oxidation sites excluding steroid dienone is 5. The predicted molar refractivity (Wildman–Crippen MR) is 220 cm³/mol. The van der Waals surface area contributed by atoms with E-state index in [2.05, 4.69) is 51.1 Å². The minimum atomic E-state index is -0.646. The molecular weight excluding hydrogens is 723 g/mol. The van der Waals surface area contributed by atoms with E-state index in [0.717, 1.165) is 109 Å². The first-order valence-electron chi connectivity index (χ1n) is 20.4. The number of hydrogen-bond acceptors (Lipinski definition) is 8. The molecule has 13 heteroatoms. The molecule has 3 aliphatic rings. The Bertz CT molecular complexity index is 1940. The zero-order chi connectivity index (χ0) is 40.5. The topological polar surface area (TPSA) is 155 Å². The molecule has 3 N–H and O–H groups in total. The number of carbonyl (C=O) groups excluding carboxylic acids is 3. The van der Waals surface area contributed by atoms with E-state index < -0.39 is 17.7 Å². The molecule has 3 atom stereocenters. The van der Waals surface area contributed by atoms with Gasteiger partial charge in [-0.2, -0.15) is 0 Å². The summed E-state index contributed by atoms with van der Waals surface area (Å²) in [7, 11) is 1.32. The number of aromatic nitrogens is 4. The number of benzene rings is 1. The van der Waals surface area contributed by atoms with Crippen molar-refractivity contribution in [3.63, 3.8) is 0 Å². The normalized spacial score (nSPS) is 21.6. The lowest BCUT2D eigenvalue weighted by molar-refractivity contribution is -0.134. The van der Waals surface area contributed by atoms with Gasteiger partial charge in [0, 0.05) is 19.7 Å². The van der Waals surface area contributed by atoms with Gasteiger partial charge in [0.15, 0.2) is 0 Å². The second-order valence-electron chi connectivity index (χ2n) is 16.2. The van der Waals surface area contributed by atoms with Gasteiger partial charge in [0.05, 0.1) is 49.1 Å². The quantitative estimate of drug-likeness (QED) is 0.201. The zero-order valence-corrected chi connectivity index (χ0v) is 34.2. The van der Waals surface area contributed by atoms with Gasteiger partial charge in [0.25, 0.3) is 0 Å². The molecule has 6 rings (SSSR count). The molecule has 0 saturated carbocycles. The molecule has 2 aromatic heterocycles. The van der Waals surface area contributed by atoms with E-state index in [4.69, 9.17) is 19.2 Å². The van der Waals surface area contributed by atoms with Gasteiger partial charge in [0.1, 0.15) is 23.3 Å². The van der Waals surface area contributed by atoms with Crippen molar-refractivity contribution in [3.05, 3.63) is 83.9 Å². The number of H-pyrrole nitrogens is 2. The van der Waals surface area contributed by atoms with Crippen molar-refractivity contribution in [1.29, 1.82) is 0 Å². The average Bonchev–Trinajstić information content (AvgIpc) is 4.02. The molecule has 3 amide bonds. The van der Waals surface area contributed by atoms with Gasteiger partial charge in [-0.05, 0) is 88.5 Å². The summed E-state index contributed by atoms with van der Waals surface area (Å²) in [4.78, 5) is 59.4. The smallest absolute Gasteiger partial charge is 0.410 e. The first-order chi connectivity index (χ1) is 27.5. The molecule has 3 aromatic rings. The van der Waals surface area contributed by atoms with Gasteiger partial charge in [0.2, 0.25) is 5.91 Å². The molecule has 57 heavy (non-hydrogen) atoms. The Morgan fingerprint density at radius 1 is 0.947 bits per heavy atom. The minimum Gasteiger partial charge on any atom is -0.453 e. The average molecular weight is 782 g/mol. The summed E-state index contributed by atoms with van der Waals surface area (Å²) >= 11 is 0. The number of nitrogens with one attached hydrogen (secondary N) is 3. The van der Waals surface area contributed by atoms with Crippen LogP contribution in [0.15, 0.2) is 55.3 Å². The summed E-state index contributed by atoms with van der Waals surface area (Å²) < 4.78 is 16.7. The Labute approximate surface area is 336 Å². The molecule has 0 aliphatic carbocycles. The van der Waals surface area contributed by atoms with Gasteiger partial charge in [-0.15, -0.1) is 0 Å². The third kappa shape index (κ3) is 10.4. The SMILES string of the molecule is C=C/C(=C\C=C(/C)c1nc2[nH]c1COCCCCCCC[C@H](NC(=O)OC)C(=O)N1CCC[C@@H]21)c1ccc(-c2cnc([C@@H]3CCCN3C(=O)OC(C)(C)C)[nH]2)cc1. The molecule has 13 nitrogen and oxygen atoms in total. The molecule has 0 spiro atoms. The van der Waals surface area contributed by atoms with Crippen LogP contribution in [0.25, 0.3) is 22.4 Å². The molecule has 2 fully saturated rings. The van der Waals surface area contributed by atoms with Crippen LogP contribution in [0.2, 0.25) is 0 Å². The van der Waals surface area contributed by atoms with E-state index in [9.17, 15) is 14.4 Å². The number of carbonyl (C=O) groups is 3. The zero-order valence-electron chi connectivity index (χ0n) is 34.2. The highest BCUT2D eigenvalue weighted by Crippen LogP contribution is 2.35. The van der Waals surface area contributed by atoms with Crippen LogP contribution in [0.5, 0.6) is 0 Å². The molecule has 306 valence electrons. The van der Waals surface area contributed by atoms with Crippen molar-refractivity contribution in [2.24, 2.45) is 0 Å². The number of hydrogen-bond donors (Lipinski definition) is 3. The number of methoxy groups -OCH3 is 1. The third-order valence-electron chi connectivity index (χ3n) is 10.9. The van der Waals surface area contributed by atoms with Crippen molar-refractivity contribution in [1.82, 2.24) is 35.1 Å². The lowest BCUT2D eigenvalue weighted by Crippen LogP contribution is -2.48. The van der Waals surface area contributed by atoms with Crippen molar-refractivity contribution < 1.29 is 28.6 Å². The lowest BCUT2D eigenvalue weighted by atomic mass is 10.0. The molecule has 3 aliphatic heterocycles. The molecule has 2 bridgehead atoms. The van der Waals surface area contributed by atoms with E-state index in [1.165, 1.54) is 7.11 Å². The number of likely N-dealkylation sites (tertiary alicyclic amines) is 1. The van der Waals surface area contributed by atoms with Crippen molar-refractivity contribution in [2.45, 2.75) is 122 Å². The van der Waals surface area contributed by atoms with Crippen LogP contribution in [0.3, 0.4) is 0 Å². The largest absolute Gasteiger partial charge is 0.453 e. The van der Waals surface area contributed by atoms with Crippen molar-refractivity contribution in [2.75, 3.05) is 26.8 Å². The summed E-state index contributed by atoms with van der Waals surface area (Å²) in [5, 5.41) is 2.80. The van der Waals surface area contributed by atoms with Gasteiger partial charge in [-0.1, -0.05) is 74.8 Å². The maximum Gasteiger partial charge on any atom is 0.410 e. The number of ether oxygens (including phenoxy) is 3. The summed E-state index contributed by atoms with van der Waals surface area (Å²) in [5.74, 6) is 1.38. The Morgan fingerprint density at radius 2 is 1.68 bits per heavy atom. The van der Waals surface area contributed by atoms with Crippen LogP contribution in [-0.2, 0) is 25.6 Å². The first-order valence-corrected chi connectivity index (χ1v) is 20.4. The van der Waals surface area contributed by atoms with Crippen molar-refractivity contribution in [3.8, 4) is 11.3 Å². The fourth-order valence-electron chi connectivity index (χ4n) is 7.91. The van der Waals surface area contributed by atoms with E-state index in [0.29, 0.717) is 32.7 Å². The molecule has 0 unspecified atom stereocenters. The van der Waals surface area contributed by atoms with Crippen LogP contribution in [0, 0.1) is 0 Å². The third-order valence-corrected chi connectivity index (χ3v) is 10.9. The van der Waals surface area contributed by atoms with Gasteiger partial charge in [-0.25, -0.2) is 19.6 Å².